The number of ether oxygens (including phenoxy) is 2. The SMILES string of the molecule is CCCC(=O)N(C)[C@H](SCCN1CCOCC1)C(=O)N(C)[C@@H](CC(C)(C)OC)C(=O)NC(=O)NC. The average molecular weight is 518 g/mol. The van der Waals surface area contributed by atoms with E-state index in [1.54, 1.807) is 20.9 Å². The van der Waals surface area contributed by atoms with Crippen LogP contribution in [0.1, 0.15) is 40.0 Å². The molecule has 202 valence electrons. The summed E-state index contributed by atoms with van der Waals surface area (Å²) in [6, 6.07) is -1.64. The molecule has 1 heterocycles. The zero-order valence-corrected chi connectivity index (χ0v) is 23.0. The van der Waals surface area contributed by atoms with Gasteiger partial charge in [-0.25, -0.2) is 4.79 Å². The van der Waals surface area contributed by atoms with Crippen LogP contribution in [0, 0.1) is 0 Å². The second-order valence-electron chi connectivity index (χ2n) is 9.13. The first-order valence-electron chi connectivity index (χ1n) is 12.0. The van der Waals surface area contributed by atoms with Crippen molar-refractivity contribution in [1.82, 2.24) is 25.3 Å². The molecule has 11 nitrogen and oxygen atoms in total. The van der Waals surface area contributed by atoms with Crippen LogP contribution in [0.25, 0.3) is 0 Å². The number of carbonyl (C=O) groups excluding carboxylic acids is 4. The van der Waals surface area contributed by atoms with Crippen molar-refractivity contribution in [1.29, 1.82) is 0 Å². The smallest absolute Gasteiger partial charge is 0.321 e. The van der Waals surface area contributed by atoms with Crippen molar-refractivity contribution >= 4 is 35.5 Å². The maximum Gasteiger partial charge on any atom is 0.321 e. The van der Waals surface area contributed by atoms with Crippen LogP contribution in [0.4, 0.5) is 4.79 Å². The first-order chi connectivity index (χ1) is 16.5. The third-order valence-electron chi connectivity index (χ3n) is 6.03. The summed E-state index contributed by atoms with van der Waals surface area (Å²) in [6.45, 7) is 9.30. The number of methoxy groups -OCH3 is 1. The number of nitrogens with zero attached hydrogens (tertiary/aromatic N) is 3. The van der Waals surface area contributed by atoms with Crippen molar-refractivity contribution in [3.8, 4) is 0 Å². The Balaban J connectivity index is 3.10. The normalized spacial score (nSPS) is 16.2. The Morgan fingerprint density at radius 2 is 1.77 bits per heavy atom. The van der Waals surface area contributed by atoms with Gasteiger partial charge in [0.05, 0.1) is 18.8 Å². The molecular formula is C23H43N5O6S. The summed E-state index contributed by atoms with van der Waals surface area (Å²) in [5.41, 5.74) is -0.734. The second kappa shape index (κ2) is 15.3. The monoisotopic (exact) mass is 517 g/mol. The van der Waals surface area contributed by atoms with Crippen molar-refractivity contribution in [3.63, 3.8) is 0 Å². The lowest BCUT2D eigenvalue weighted by Gasteiger charge is -2.37. The highest BCUT2D eigenvalue weighted by Crippen LogP contribution is 2.24. The van der Waals surface area contributed by atoms with E-state index in [-0.39, 0.29) is 18.2 Å². The highest BCUT2D eigenvalue weighted by atomic mass is 32.2. The summed E-state index contributed by atoms with van der Waals surface area (Å²) in [7, 11) is 6.07. The third kappa shape index (κ3) is 10.3. The summed E-state index contributed by atoms with van der Waals surface area (Å²) < 4.78 is 10.9. The van der Waals surface area contributed by atoms with E-state index in [1.165, 1.54) is 42.8 Å². The molecule has 1 saturated heterocycles. The molecule has 1 aliphatic rings. The summed E-state index contributed by atoms with van der Waals surface area (Å²) in [5, 5.41) is 3.81. The fourth-order valence-corrected chi connectivity index (χ4v) is 4.76. The Morgan fingerprint density at radius 1 is 1.14 bits per heavy atom. The number of rotatable bonds is 13. The van der Waals surface area contributed by atoms with Crippen LogP contribution >= 0.6 is 11.8 Å². The zero-order chi connectivity index (χ0) is 26.6. The molecule has 0 aromatic carbocycles. The van der Waals surface area contributed by atoms with Crippen LogP contribution < -0.4 is 10.6 Å². The van der Waals surface area contributed by atoms with E-state index in [2.05, 4.69) is 15.5 Å². The molecule has 1 fully saturated rings. The Hall–Kier alpha value is -1.89. The zero-order valence-electron chi connectivity index (χ0n) is 22.2. The molecule has 0 spiro atoms. The van der Waals surface area contributed by atoms with Crippen molar-refractivity contribution < 1.29 is 28.7 Å². The van der Waals surface area contributed by atoms with E-state index in [9.17, 15) is 19.2 Å². The minimum atomic E-state index is -0.980. The fraction of sp³-hybridized carbons (Fsp3) is 0.826. The van der Waals surface area contributed by atoms with Crippen LogP contribution in [0.3, 0.4) is 0 Å². The van der Waals surface area contributed by atoms with Crippen molar-refractivity contribution in [2.24, 2.45) is 0 Å². The predicted octanol–water partition coefficient (Wildman–Crippen LogP) is 0.734. The number of hydrogen-bond acceptors (Lipinski definition) is 8. The molecule has 5 amide bonds. The number of likely N-dealkylation sites (N-methyl/N-ethyl adjacent to an activating group) is 2. The van der Waals surface area contributed by atoms with Crippen LogP contribution in [-0.2, 0) is 23.9 Å². The van der Waals surface area contributed by atoms with E-state index < -0.39 is 29.0 Å². The lowest BCUT2D eigenvalue weighted by Crippen LogP contribution is -2.57. The van der Waals surface area contributed by atoms with Crippen LogP contribution in [0.2, 0.25) is 0 Å². The molecule has 0 unspecified atom stereocenters. The maximum atomic E-state index is 13.7. The summed E-state index contributed by atoms with van der Waals surface area (Å²) in [4.78, 5) is 56.2. The molecule has 35 heavy (non-hydrogen) atoms. The Bertz CT molecular complexity index is 717. The largest absolute Gasteiger partial charge is 0.379 e. The number of amides is 5. The van der Waals surface area contributed by atoms with Crippen molar-refractivity contribution in [3.05, 3.63) is 0 Å². The van der Waals surface area contributed by atoms with Gasteiger partial charge in [0, 0.05) is 66.5 Å². The number of morpholine rings is 1. The number of urea groups is 1. The molecule has 1 aliphatic heterocycles. The molecule has 1 rings (SSSR count). The van der Waals surface area contributed by atoms with Crippen molar-refractivity contribution in [2.45, 2.75) is 57.1 Å². The van der Waals surface area contributed by atoms with E-state index >= 15 is 0 Å². The first-order valence-corrected chi connectivity index (χ1v) is 13.0. The van der Waals surface area contributed by atoms with Gasteiger partial charge in [0.1, 0.15) is 6.04 Å². The lowest BCUT2D eigenvalue weighted by molar-refractivity contribution is -0.145. The number of carbonyl (C=O) groups is 4. The van der Waals surface area contributed by atoms with Gasteiger partial charge in [-0.05, 0) is 20.3 Å². The topological polar surface area (TPSA) is 121 Å². The van der Waals surface area contributed by atoms with E-state index in [0.717, 1.165) is 19.6 Å². The number of nitrogens with one attached hydrogen (secondary N) is 2. The minimum Gasteiger partial charge on any atom is -0.379 e. The van der Waals surface area contributed by atoms with E-state index in [0.29, 0.717) is 31.8 Å². The molecule has 0 aromatic heterocycles. The average Bonchev–Trinajstić information content (AvgIpc) is 2.84. The van der Waals surface area contributed by atoms with Gasteiger partial charge >= 0.3 is 6.03 Å². The molecule has 2 N–H and O–H groups in total. The third-order valence-corrected chi connectivity index (χ3v) is 7.28. The molecule has 0 radical (unpaired) electrons. The first kappa shape index (κ1) is 31.1. The van der Waals surface area contributed by atoms with Crippen LogP contribution in [0.5, 0.6) is 0 Å². The molecule has 0 aromatic rings. The number of thioether (sulfide) groups is 1. The van der Waals surface area contributed by atoms with E-state index in [4.69, 9.17) is 9.47 Å². The van der Waals surface area contributed by atoms with E-state index in [1.807, 2.05) is 6.92 Å². The van der Waals surface area contributed by atoms with Crippen LogP contribution in [0.15, 0.2) is 0 Å². The van der Waals surface area contributed by atoms with Gasteiger partial charge in [-0.15, -0.1) is 11.8 Å². The molecule has 2 atom stereocenters. The quantitative estimate of drug-likeness (QED) is 0.343. The standard InChI is InChI=1S/C23H43N5O6S/c1-8-9-18(29)27(6)21(35-15-12-28-10-13-34-14-11-28)20(31)26(5)17(16-23(2,3)33-7)19(30)25-22(32)24-4/h17,21H,8-16H2,1-7H3,(H2,24,25,30,32)/t17-,21+/m0/s1. The fourth-order valence-electron chi connectivity index (χ4n) is 3.53. The highest BCUT2D eigenvalue weighted by Gasteiger charge is 2.38. The Labute approximate surface area is 213 Å². The number of imide groups is 1. The van der Waals surface area contributed by atoms with Gasteiger partial charge in [-0.2, -0.15) is 0 Å². The van der Waals surface area contributed by atoms with Gasteiger partial charge in [0.2, 0.25) is 5.91 Å². The van der Waals surface area contributed by atoms with Gasteiger partial charge in [-0.3, -0.25) is 24.6 Å². The minimum absolute atomic E-state index is 0.137. The van der Waals surface area contributed by atoms with Gasteiger partial charge < -0.3 is 24.6 Å². The summed E-state index contributed by atoms with van der Waals surface area (Å²) in [6.07, 6.45) is 1.15. The van der Waals surface area contributed by atoms with Gasteiger partial charge in [0.15, 0.2) is 5.37 Å². The second-order valence-corrected chi connectivity index (χ2v) is 10.3. The summed E-state index contributed by atoms with van der Waals surface area (Å²) >= 11 is 1.37. The lowest BCUT2D eigenvalue weighted by atomic mass is 9.97. The molecule has 0 saturated carbocycles. The Morgan fingerprint density at radius 3 is 2.31 bits per heavy atom. The van der Waals surface area contributed by atoms with Gasteiger partial charge in [-0.1, -0.05) is 6.92 Å². The summed E-state index contributed by atoms with van der Waals surface area (Å²) in [5.74, 6) is -0.508. The molecular weight excluding hydrogens is 474 g/mol. The van der Waals surface area contributed by atoms with Gasteiger partial charge in [0.25, 0.3) is 11.8 Å². The molecule has 0 bridgehead atoms. The Kier molecular flexibility index (Phi) is 13.6. The maximum absolute atomic E-state index is 13.7. The molecule has 0 aliphatic carbocycles. The van der Waals surface area contributed by atoms with Crippen LogP contribution in [-0.4, -0.2) is 122 Å². The van der Waals surface area contributed by atoms with Crippen molar-refractivity contribution in [2.75, 3.05) is 66.9 Å². The molecule has 12 heteroatoms. The predicted molar refractivity (Wildman–Crippen MR) is 136 cm³/mol. The highest BCUT2D eigenvalue weighted by molar-refractivity contribution is 8.00. The number of hydrogen-bond donors (Lipinski definition) is 2.